The van der Waals surface area contributed by atoms with Crippen LogP contribution in [0.15, 0.2) is 24.3 Å². The average molecular weight is 634 g/mol. The van der Waals surface area contributed by atoms with Gasteiger partial charge in [0, 0.05) is 45.3 Å². The number of rotatable bonds is 3. The van der Waals surface area contributed by atoms with Crippen molar-refractivity contribution in [2.45, 2.75) is 68.1 Å². The maximum absolute atomic E-state index is 13.9. The first-order valence-corrected chi connectivity index (χ1v) is 15.7. The highest BCUT2D eigenvalue weighted by molar-refractivity contribution is 7.88. The summed E-state index contributed by atoms with van der Waals surface area (Å²) in [5.74, 6) is -1.63. The van der Waals surface area contributed by atoms with Crippen molar-refractivity contribution in [1.29, 1.82) is 0 Å². The predicted octanol–water partition coefficient (Wildman–Crippen LogP) is -1.75. The number of ether oxygens (including phenoxy) is 1. The highest BCUT2D eigenvalue weighted by atomic mass is 32.2. The number of aliphatic hydroxyl groups is 2. The molecule has 3 amide bonds. The lowest BCUT2D eigenvalue weighted by atomic mass is 10.0. The van der Waals surface area contributed by atoms with Crippen LogP contribution in [-0.2, 0) is 41.9 Å². The lowest BCUT2D eigenvalue weighted by molar-refractivity contribution is -0.140. The summed E-state index contributed by atoms with van der Waals surface area (Å²) in [6.45, 7) is -0.433. The Morgan fingerprint density at radius 2 is 1.67 bits per heavy atom. The number of amides is 3. The van der Waals surface area contributed by atoms with Crippen molar-refractivity contribution in [3.63, 3.8) is 0 Å². The fourth-order valence-corrected chi connectivity index (χ4v) is 7.25. The quantitative estimate of drug-likeness (QED) is 0.302. The van der Waals surface area contributed by atoms with Gasteiger partial charge in [-0.3, -0.25) is 19.3 Å². The normalized spacial score (nSPS) is 33.4. The van der Waals surface area contributed by atoms with Crippen LogP contribution in [0, 0.1) is 0 Å². The average Bonchev–Trinajstić information content (AvgIpc) is 3.44. The van der Waals surface area contributed by atoms with Crippen LogP contribution in [-0.4, -0.2) is 132 Å². The molecule has 0 unspecified atom stereocenters. The van der Waals surface area contributed by atoms with Gasteiger partial charge in [-0.25, -0.2) is 8.42 Å². The maximum atomic E-state index is 13.9. The highest BCUT2D eigenvalue weighted by Gasteiger charge is 2.47. The van der Waals surface area contributed by atoms with Crippen molar-refractivity contribution < 1.29 is 50.9 Å². The van der Waals surface area contributed by atoms with Crippen LogP contribution in [0.2, 0.25) is 0 Å². The molecule has 4 N–H and O–H groups in total. The molecule has 13 nitrogen and oxygen atoms in total. The van der Waals surface area contributed by atoms with Crippen LogP contribution >= 0.6 is 0 Å². The molecule has 6 bridgehead atoms. The van der Waals surface area contributed by atoms with Gasteiger partial charge in [0.05, 0.1) is 30.4 Å². The molecule has 43 heavy (non-hydrogen) atoms. The minimum atomic E-state index is -4.51. The van der Waals surface area contributed by atoms with E-state index in [1.165, 1.54) is 17.0 Å². The van der Waals surface area contributed by atoms with Crippen molar-refractivity contribution in [1.82, 2.24) is 24.7 Å². The van der Waals surface area contributed by atoms with E-state index in [0.29, 0.717) is 5.56 Å². The fraction of sp³-hybridized carbons (Fsp3) is 0.654. The Bertz CT molecular complexity index is 1350. The molecule has 0 saturated carbocycles. The number of nitrogens with one attached hydrogen (secondary N) is 2. The molecule has 238 valence electrons. The van der Waals surface area contributed by atoms with Gasteiger partial charge in [0.15, 0.2) is 0 Å². The number of carbonyl (C=O) groups is 3. The highest BCUT2D eigenvalue weighted by Crippen LogP contribution is 2.31. The number of sulfonamides is 1. The van der Waals surface area contributed by atoms with Crippen LogP contribution in [0.1, 0.15) is 24.0 Å². The molecule has 17 heteroatoms. The summed E-state index contributed by atoms with van der Waals surface area (Å²) < 4.78 is 70.9. The summed E-state index contributed by atoms with van der Waals surface area (Å²) in [4.78, 5) is 43.1. The minimum Gasteiger partial charge on any atom is -0.388 e. The minimum absolute atomic E-state index is 0.00431. The SMILES string of the molecule is CS(=O)(=O)N1CCN2C[C@H]1C(=O)NC[C@H]1O[C@@H](CC(=O)N[C@H]3C[C@@H](C2=O)N(Cc2ccc(C(F)(F)F)cc2)C3)[C@H](O)[C@@H]1O. The van der Waals surface area contributed by atoms with Crippen molar-refractivity contribution in [3.05, 3.63) is 35.4 Å². The second-order valence-electron chi connectivity index (χ2n) is 11.5. The summed E-state index contributed by atoms with van der Waals surface area (Å²) in [6, 6.07) is 1.89. The number of nitrogens with zero attached hydrogens (tertiary/aromatic N) is 3. The van der Waals surface area contributed by atoms with Gasteiger partial charge in [-0.05, 0) is 24.1 Å². The van der Waals surface area contributed by atoms with Crippen LogP contribution in [0.5, 0.6) is 0 Å². The topological polar surface area (TPSA) is 169 Å². The van der Waals surface area contributed by atoms with Crippen LogP contribution in [0.4, 0.5) is 13.2 Å². The van der Waals surface area contributed by atoms with E-state index in [4.69, 9.17) is 4.74 Å². The van der Waals surface area contributed by atoms with Gasteiger partial charge in [-0.15, -0.1) is 0 Å². The largest absolute Gasteiger partial charge is 0.416 e. The second kappa shape index (κ2) is 11.9. The number of aliphatic hydroxyl groups excluding tert-OH is 2. The van der Waals surface area contributed by atoms with E-state index in [9.17, 15) is 46.2 Å². The molecule has 0 radical (unpaired) electrons. The third kappa shape index (κ3) is 6.81. The van der Waals surface area contributed by atoms with Crippen LogP contribution in [0.3, 0.4) is 0 Å². The standard InChI is InChI=1S/C26H34F3N5O8S/c1-43(40,41)34-7-6-32-13-18(34)24(38)30-10-20-23(37)22(36)19(42-20)9-21(35)31-16-8-17(25(32)39)33(12-16)11-14-2-4-15(5-3-14)26(27,28)29/h2-5,16-20,22-23,36-37H,6-13H2,1H3,(H,30,38)(H,31,35)/t16-,17-,18-,19-,20+,22-,23+/m0/s1. The van der Waals surface area contributed by atoms with E-state index in [-0.39, 0.29) is 52.1 Å². The smallest absolute Gasteiger partial charge is 0.388 e. The Morgan fingerprint density at radius 1 is 1.00 bits per heavy atom. The summed E-state index contributed by atoms with van der Waals surface area (Å²) in [7, 11) is -3.85. The van der Waals surface area contributed by atoms with Gasteiger partial charge < -0.3 is 30.5 Å². The van der Waals surface area contributed by atoms with Crippen molar-refractivity contribution in [2.24, 2.45) is 0 Å². The zero-order valence-electron chi connectivity index (χ0n) is 23.2. The number of halogens is 3. The summed E-state index contributed by atoms with van der Waals surface area (Å²) in [6.07, 6.45) is -8.70. The van der Waals surface area contributed by atoms with Crippen LogP contribution < -0.4 is 10.6 Å². The number of hydrogen-bond acceptors (Lipinski definition) is 9. The Balaban J connectivity index is 1.43. The van der Waals surface area contributed by atoms with Gasteiger partial charge >= 0.3 is 6.18 Å². The first-order chi connectivity index (χ1) is 20.1. The van der Waals surface area contributed by atoms with E-state index in [1.54, 1.807) is 4.90 Å². The Hall–Kier alpha value is -2.83. The van der Waals surface area contributed by atoms with Gasteiger partial charge in [0.2, 0.25) is 27.7 Å². The third-order valence-corrected chi connectivity index (χ3v) is 9.71. The molecule has 4 heterocycles. The molecule has 0 aliphatic carbocycles. The number of alkyl halides is 3. The molecule has 5 rings (SSSR count). The number of carbonyl (C=O) groups excluding carboxylic acids is 3. The molecule has 4 aliphatic rings. The molecule has 0 spiro atoms. The number of piperazine rings is 1. The molecule has 0 aromatic heterocycles. The molecule has 4 fully saturated rings. The second-order valence-corrected chi connectivity index (χ2v) is 13.4. The van der Waals surface area contributed by atoms with Gasteiger partial charge in [0.1, 0.15) is 24.4 Å². The zero-order valence-corrected chi connectivity index (χ0v) is 24.1. The predicted molar refractivity (Wildman–Crippen MR) is 142 cm³/mol. The molecule has 4 aliphatic heterocycles. The Labute approximate surface area is 246 Å². The number of fused-ring (bicyclic) bond motifs is 6. The molecular weight excluding hydrogens is 599 g/mol. The molecule has 1 aromatic carbocycles. The summed E-state index contributed by atoms with van der Waals surface area (Å²) in [5, 5.41) is 26.3. The summed E-state index contributed by atoms with van der Waals surface area (Å²) in [5.41, 5.74) is -0.310. The van der Waals surface area contributed by atoms with Crippen LogP contribution in [0.25, 0.3) is 0 Å². The molecule has 1 aromatic rings. The Kier molecular flexibility index (Phi) is 8.76. The summed E-state index contributed by atoms with van der Waals surface area (Å²) >= 11 is 0. The van der Waals surface area contributed by atoms with E-state index in [0.717, 1.165) is 22.7 Å². The lowest BCUT2D eigenvalue weighted by Gasteiger charge is -2.40. The molecule has 4 saturated heterocycles. The Morgan fingerprint density at radius 3 is 2.33 bits per heavy atom. The molecule has 7 atom stereocenters. The van der Waals surface area contributed by atoms with E-state index < -0.39 is 82.0 Å². The first kappa shape index (κ1) is 31.6. The fourth-order valence-electron chi connectivity index (χ4n) is 6.21. The van der Waals surface area contributed by atoms with Crippen molar-refractivity contribution in [2.75, 3.05) is 39.0 Å². The zero-order chi connectivity index (χ0) is 31.3. The van der Waals surface area contributed by atoms with Gasteiger partial charge in [-0.1, -0.05) is 12.1 Å². The number of hydrogen-bond donors (Lipinski definition) is 4. The lowest BCUT2D eigenvalue weighted by Crippen LogP contribution is -2.63. The monoisotopic (exact) mass is 633 g/mol. The number of benzene rings is 1. The molecular formula is C26H34F3N5O8S. The van der Waals surface area contributed by atoms with E-state index in [1.807, 2.05) is 0 Å². The van der Waals surface area contributed by atoms with Crippen molar-refractivity contribution >= 4 is 27.7 Å². The van der Waals surface area contributed by atoms with E-state index in [2.05, 4.69) is 10.6 Å². The number of likely N-dealkylation sites (tertiary alicyclic amines) is 1. The first-order valence-electron chi connectivity index (χ1n) is 13.9. The maximum Gasteiger partial charge on any atom is 0.416 e. The van der Waals surface area contributed by atoms with Crippen molar-refractivity contribution in [3.8, 4) is 0 Å². The van der Waals surface area contributed by atoms with E-state index >= 15 is 0 Å². The third-order valence-electron chi connectivity index (χ3n) is 8.42. The van der Waals surface area contributed by atoms with Gasteiger partial charge in [0.25, 0.3) is 0 Å². The van der Waals surface area contributed by atoms with Gasteiger partial charge in [-0.2, -0.15) is 17.5 Å².